The van der Waals surface area contributed by atoms with Crippen molar-refractivity contribution in [3.05, 3.63) is 30.1 Å². The quantitative estimate of drug-likeness (QED) is 0.783. The number of amides is 1. The summed E-state index contributed by atoms with van der Waals surface area (Å²) in [5, 5.41) is 0. The molecule has 4 heterocycles. The summed E-state index contributed by atoms with van der Waals surface area (Å²) in [6.07, 6.45) is 7.90. The van der Waals surface area contributed by atoms with Crippen molar-refractivity contribution in [3.8, 4) is 0 Å². The van der Waals surface area contributed by atoms with Crippen LogP contribution in [0.15, 0.2) is 24.5 Å². The Bertz CT molecular complexity index is 508. The fourth-order valence-electron chi connectivity index (χ4n) is 3.66. The second-order valence-electron chi connectivity index (χ2n) is 6.77. The molecule has 1 amide bonds. The minimum absolute atomic E-state index is 0.112. The summed E-state index contributed by atoms with van der Waals surface area (Å²) < 4.78 is 5.44. The second kappa shape index (κ2) is 7.77. The zero-order chi connectivity index (χ0) is 16.1. The summed E-state index contributed by atoms with van der Waals surface area (Å²) in [5.41, 5.74) is 1.29. The summed E-state index contributed by atoms with van der Waals surface area (Å²) in [7, 11) is 0. The lowest BCUT2D eigenvalue weighted by Crippen LogP contribution is -2.47. The van der Waals surface area contributed by atoms with E-state index in [4.69, 9.17) is 4.74 Å². The first-order valence-electron chi connectivity index (χ1n) is 8.81. The number of fused-ring (bicyclic) bond motifs is 4. The molecule has 4 rings (SSSR count). The molecule has 2 atom stereocenters. The average Bonchev–Trinajstić information content (AvgIpc) is 2.86. The lowest BCUT2D eigenvalue weighted by Gasteiger charge is -2.35. The van der Waals surface area contributed by atoms with Gasteiger partial charge in [-0.2, -0.15) is 0 Å². The maximum atomic E-state index is 12.4. The molecule has 3 saturated heterocycles. The van der Waals surface area contributed by atoms with Crippen LogP contribution in [0, 0.1) is 5.92 Å². The Labute approximate surface area is 138 Å². The second-order valence-corrected chi connectivity index (χ2v) is 6.77. The number of pyridine rings is 1. The Kier molecular flexibility index (Phi) is 5.49. The minimum atomic E-state index is -0.112. The maximum absolute atomic E-state index is 12.4. The van der Waals surface area contributed by atoms with Crippen LogP contribution in [0.4, 0.5) is 4.79 Å². The first-order valence-corrected chi connectivity index (χ1v) is 8.81. The van der Waals surface area contributed by atoms with Crippen molar-refractivity contribution in [3.63, 3.8) is 0 Å². The first-order chi connectivity index (χ1) is 11.3. The largest absolute Gasteiger partial charge is 0.449 e. The van der Waals surface area contributed by atoms with Gasteiger partial charge in [-0.1, -0.05) is 13.3 Å². The number of carbonyl (C=O) groups excluding carboxylic acids is 1. The molecule has 3 aliphatic rings. The number of unbranched alkanes of at least 4 members (excludes halogenated alkanes) is 1. The molecule has 23 heavy (non-hydrogen) atoms. The minimum Gasteiger partial charge on any atom is -0.449 e. The van der Waals surface area contributed by atoms with Crippen LogP contribution in [0.2, 0.25) is 0 Å². The summed E-state index contributed by atoms with van der Waals surface area (Å²) in [5.74, 6) is 0.564. The van der Waals surface area contributed by atoms with Gasteiger partial charge in [-0.3, -0.25) is 9.88 Å². The summed E-state index contributed by atoms with van der Waals surface area (Å²) >= 11 is 0. The number of carbonyl (C=O) groups is 1. The van der Waals surface area contributed by atoms with Gasteiger partial charge in [0.05, 0.1) is 6.61 Å². The van der Waals surface area contributed by atoms with E-state index in [0.717, 1.165) is 45.4 Å². The van der Waals surface area contributed by atoms with Crippen molar-refractivity contribution < 1.29 is 9.53 Å². The predicted molar refractivity (Wildman–Crippen MR) is 89.0 cm³/mol. The lowest BCUT2D eigenvalue weighted by atomic mass is 9.95. The van der Waals surface area contributed by atoms with E-state index in [1.54, 1.807) is 0 Å². The highest BCUT2D eigenvalue weighted by Gasteiger charge is 2.37. The predicted octanol–water partition coefficient (Wildman–Crippen LogP) is 2.91. The van der Waals surface area contributed by atoms with Gasteiger partial charge in [0.25, 0.3) is 0 Å². The topological polar surface area (TPSA) is 45.7 Å². The van der Waals surface area contributed by atoms with Gasteiger partial charge in [0, 0.05) is 44.6 Å². The maximum Gasteiger partial charge on any atom is 0.410 e. The molecular formula is C18H27N3O2. The molecule has 1 aromatic heterocycles. The number of hydrogen-bond acceptors (Lipinski definition) is 4. The molecule has 0 aromatic carbocycles. The number of aromatic nitrogens is 1. The van der Waals surface area contributed by atoms with Crippen LogP contribution in [-0.2, 0) is 11.3 Å². The van der Waals surface area contributed by atoms with E-state index in [1.807, 2.05) is 17.3 Å². The molecule has 5 nitrogen and oxygen atoms in total. The van der Waals surface area contributed by atoms with Crippen LogP contribution < -0.4 is 0 Å². The zero-order valence-corrected chi connectivity index (χ0v) is 14.0. The summed E-state index contributed by atoms with van der Waals surface area (Å²) in [4.78, 5) is 20.9. The zero-order valence-electron chi connectivity index (χ0n) is 14.0. The molecule has 126 valence electrons. The van der Waals surface area contributed by atoms with E-state index >= 15 is 0 Å². The molecule has 2 bridgehead atoms. The molecule has 5 heteroatoms. The van der Waals surface area contributed by atoms with E-state index in [-0.39, 0.29) is 6.09 Å². The lowest BCUT2D eigenvalue weighted by molar-refractivity contribution is 0.0671. The van der Waals surface area contributed by atoms with Crippen LogP contribution in [0.1, 0.15) is 38.2 Å². The number of nitrogens with zero attached hydrogens (tertiary/aromatic N) is 3. The van der Waals surface area contributed by atoms with Crippen molar-refractivity contribution in [2.75, 3.05) is 26.2 Å². The Hall–Kier alpha value is -1.62. The van der Waals surface area contributed by atoms with Crippen molar-refractivity contribution >= 4 is 6.09 Å². The number of rotatable bonds is 5. The Morgan fingerprint density at radius 3 is 2.87 bits per heavy atom. The Morgan fingerprint density at radius 1 is 1.26 bits per heavy atom. The normalized spacial score (nSPS) is 24.5. The Balaban J connectivity index is 1.60. The number of ether oxygens (including phenoxy) is 1. The van der Waals surface area contributed by atoms with Gasteiger partial charge in [0.15, 0.2) is 0 Å². The van der Waals surface area contributed by atoms with Crippen LogP contribution in [0.5, 0.6) is 0 Å². The van der Waals surface area contributed by atoms with Gasteiger partial charge in [-0.25, -0.2) is 4.79 Å². The monoisotopic (exact) mass is 317 g/mol. The van der Waals surface area contributed by atoms with E-state index in [0.29, 0.717) is 18.6 Å². The van der Waals surface area contributed by atoms with Gasteiger partial charge in [-0.15, -0.1) is 0 Å². The molecule has 0 radical (unpaired) electrons. The molecule has 0 unspecified atom stereocenters. The highest BCUT2D eigenvalue weighted by Crippen LogP contribution is 2.29. The van der Waals surface area contributed by atoms with Crippen LogP contribution >= 0.6 is 0 Å². The number of piperidine rings is 1. The third kappa shape index (κ3) is 4.22. The molecule has 0 N–H and O–H groups in total. The van der Waals surface area contributed by atoms with Gasteiger partial charge in [-0.05, 0) is 42.9 Å². The van der Waals surface area contributed by atoms with Gasteiger partial charge >= 0.3 is 6.09 Å². The van der Waals surface area contributed by atoms with E-state index in [2.05, 4.69) is 28.9 Å². The Morgan fingerprint density at radius 2 is 2.09 bits per heavy atom. The van der Waals surface area contributed by atoms with Gasteiger partial charge in [0.2, 0.25) is 0 Å². The van der Waals surface area contributed by atoms with Crippen LogP contribution in [0.25, 0.3) is 0 Å². The molecule has 0 saturated carbocycles. The highest BCUT2D eigenvalue weighted by molar-refractivity contribution is 5.68. The smallest absolute Gasteiger partial charge is 0.410 e. The molecule has 3 fully saturated rings. The fourth-order valence-corrected chi connectivity index (χ4v) is 3.66. The molecule has 3 aliphatic heterocycles. The first kappa shape index (κ1) is 16.2. The molecule has 0 spiro atoms. The van der Waals surface area contributed by atoms with Crippen molar-refractivity contribution in [2.45, 2.75) is 45.2 Å². The average molecular weight is 317 g/mol. The molecule has 1 aromatic rings. The molecule has 0 aliphatic carbocycles. The highest BCUT2D eigenvalue weighted by atomic mass is 16.6. The van der Waals surface area contributed by atoms with Crippen molar-refractivity contribution in [1.29, 1.82) is 0 Å². The van der Waals surface area contributed by atoms with Gasteiger partial charge in [0.1, 0.15) is 0 Å². The summed E-state index contributed by atoms with van der Waals surface area (Å²) in [6.45, 7) is 6.46. The summed E-state index contributed by atoms with van der Waals surface area (Å²) in [6, 6.07) is 4.44. The van der Waals surface area contributed by atoms with Crippen LogP contribution in [0.3, 0.4) is 0 Å². The number of hydrogen-bond donors (Lipinski definition) is 0. The SMILES string of the molecule is CCCCOC(=O)N1C[C@H]2CC[C@@H]1CN(Cc1ccncc1)C2. The van der Waals surface area contributed by atoms with E-state index in [9.17, 15) is 4.79 Å². The van der Waals surface area contributed by atoms with E-state index in [1.165, 1.54) is 12.0 Å². The van der Waals surface area contributed by atoms with Gasteiger partial charge < -0.3 is 9.64 Å². The van der Waals surface area contributed by atoms with Crippen LogP contribution in [-0.4, -0.2) is 53.2 Å². The molecular weight excluding hydrogens is 290 g/mol. The standard InChI is InChI=1S/C18H27N3O2/c1-2-3-10-23-18(22)21-13-16-4-5-17(21)14-20(12-16)11-15-6-8-19-9-7-15/h6-9,16-17H,2-5,10-14H2,1H3/t16-,17+/m0/s1. The van der Waals surface area contributed by atoms with Crippen molar-refractivity contribution in [2.24, 2.45) is 5.92 Å². The third-order valence-electron chi connectivity index (χ3n) is 4.90. The fraction of sp³-hybridized carbons (Fsp3) is 0.667. The van der Waals surface area contributed by atoms with Crippen molar-refractivity contribution in [1.82, 2.24) is 14.8 Å². The third-order valence-corrected chi connectivity index (χ3v) is 4.90. The van der Waals surface area contributed by atoms with E-state index < -0.39 is 0 Å².